The molecule has 0 saturated heterocycles. The molecule has 0 fully saturated rings. The molecule has 3 aromatic rings. The zero-order valence-corrected chi connectivity index (χ0v) is 14.5. The molecule has 0 radical (unpaired) electrons. The van der Waals surface area contributed by atoms with Gasteiger partial charge in [-0.2, -0.15) is 0 Å². The number of hydrogen-bond donors (Lipinski definition) is 0. The van der Waals surface area contributed by atoms with Gasteiger partial charge in [-0.05, 0) is 42.0 Å². The summed E-state index contributed by atoms with van der Waals surface area (Å²) >= 11 is 5.00. The third-order valence-electron chi connectivity index (χ3n) is 3.53. The molecular weight excluding hydrogens is 356 g/mol. The van der Waals surface area contributed by atoms with Crippen molar-refractivity contribution in [3.8, 4) is 0 Å². The fourth-order valence-corrected chi connectivity index (χ4v) is 3.60. The number of ketones is 1. The highest BCUT2D eigenvalue weighted by Crippen LogP contribution is 2.28. The Labute approximate surface area is 142 Å². The summed E-state index contributed by atoms with van der Waals surface area (Å²) in [5.41, 5.74) is 0.754. The second-order valence-corrected chi connectivity index (χ2v) is 7.47. The first kappa shape index (κ1) is 15.3. The molecule has 1 nitrogen and oxygen atoms in total. The highest BCUT2D eigenvalue weighted by Gasteiger charge is 2.16. The van der Waals surface area contributed by atoms with E-state index in [9.17, 15) is 4.79 Å². The van der Waals surface area contributed by atoms with E-state index in [4.69, 9.17) is 0 Å². The van der Waals surface area contributed by atoms with Crippen molar-refractivity contribution in [3.05, 3.63) is 76.8 Å². The van der Waals surface area contributed by atoms with Gasteiger partial charge < -0.3 is 0 Å². The number of carbonyl (C=O) groups is 1. The summed E-state index contributed by atoms with van der Waals surface area (Å²) in [6.07, 6.45) is 0. The normalized spacial score (nSPS) is 12.3. The summed E-state index contributed by atoms with van der Waals surface area (Å²) in [6.45, 7) is 1.96. The summed E-state index contributed by atoms with van der Waals surface area (Å²) in [5.74, 6) is 0.158. The first-order valence-electron chi connectivity index (χ1n) is 7.09. The third-order valence-corrected chi connectivity index (χ3v) is 5.15. The summed E-state index contributed by atoms with van der Waals surface area (Å²) < 4.78 is 0.985. The molecule has 0 aliphatic carbocycles. The molecule has 0 amide bonds. The molecular formula is C19H15BrOS. The van der Waals surface area contributed by atoms with E-state index in [0.29, 0.717) is 0 Å². The molecule has 3 aromatic carbocycles. The SMILES string of the molecule is C[C@@H](Sc1ccc2ccccc2c1)C(=O)c1ccc(Br)cc1. The molecule has 0 aromatic heterocycles. The maximum absolute atomic E-state index is 12.5. The van der Waals surface area contributed by atoms with Crippen LogP contribution in [0.1, 0.15) is 17.3 Å². The lowest BCUT2D eigenvalue weighted by atomic mass is 10.1. The largest absolute Gasteiger partial charge is 0.293 e. The lowest BCUT2D eigenvalue weighted by Crippen LogP contribution is -2.13. The molecule has 0 bridgehead atoms. The zero-order chi connectivity index (χ0) is 15.5. The predicted octanol–water partition coefficient (Wildman–Crippen LogP) is 5.97. The standard InChI is InChI=1S/C19H15BrOS/c1-13(19(21)15-6-9-17(20)10-7-15)22-18-11-8-14-4-2-3-5-16(14)12-18/h2-13H,1H3/t13-/m1/s1. The van der Waals surface area contributed by atoms with Crippen molar-refractivity contribution in [3.63, 3.8) is 0 Å². The molecule has 0 aliphatic heterocycles. The number of Topliss-reactive ketones (excluding diaryl/α,β-unsaturated/α-hetero) is 1. The number of hydrogen-bond acceptors (Lipinski definition) is 2. The fraction of sp³-hybridized carbons (Fsp3) is 0.105. The molecule has 3 rings (SSSR count). The maximum Gasteiger partial charge on any atom is 0.175 e. The summed E-state index contributed by atoms with van der Waals surface area (Å²) in [4.78, 5) is 13.6. The number of halogens is 1. The first-order valence-corrected chi connectivity index (χ1v) is 8.76. The second-order valence-electron chi connectivity index (χ2n) is 5.14. The predicted molar refractivity (Wildman–Crippen MR) is 97.7 cm³/mol. The zero-order valence-electron chi connectivity index (χ0n) is 12.1. The van der Waals surface area contributed by atoms with Gasteiger partial charge in [-0.15, -0.1) is 11.8 Å². The molecule has 0 aliphatic rings. The van der Waals surface area contributed by atoms with E-state index in [1.54, 1.807) is 11.8 Å². The van der Waals surface area contributed by atoms with Crippen LogP contribution in [-0.4, -0.2) is 11.0 Å². The summed E-state index contributed by atoms with van der Waals surface area (Å²) in [5, 5.41) is 2.32. The minimum absolute atomic E-state index is 0.109. The van der Waals surface area contributed by atoms with Crippen LogP contribution in [0.5, 0.6) is 0 Å². The molecule has 0 saturated carbocycles. The van der Waals surface area contributed by atoms with Crippen molar-refractivity contribution < 1.29 is 4.79 Å². The Hall–Kier alpha value is -1.58. The van der Waals surface area contributed by atoms with Crippen LogP contribution in [0.3, 0.4) is 0 Å². The molecule has 110 valence electrons. The maximum atomic E-state index is 12.5. The number of benzene rings is 3. The Morgan fingerprint density at radius 3 is 2.36 bits per heavy atom. The van der Waals surface area contributed by atoms with Crippen molar-refractivity contribution in [1.29, 1.82) is 0 Å². The molecule has 0 heterocycles. The van der Waals surface area contributed by atoms with Crippen LogP contribution in [0, 0.1) is 0 Å². The number of thioether (sulfide) groups is 1. The van der Waals surface area contributed by atoms with Crippen LogP contribution in [0.2, 0.25) is 0 Å². The van der Waals surface area contributed by atoms with E-state index < -0.39 is 0 Å². The van der Waals surface area contributed by atoms with Crippen LogP contribution < -0.4 is 0 Å². The van der Waals surface area contributed by atoms with Crippen LogP contribution in [0.25, 0.3) is 10.8 Å². The first-order chi connectivity index (χ1) is 10.6. The summed E-state index contributed by atoms with van der Waals surface area (Å²) in [7, 11) is 0. The smallest absolute Gasteiger partial charge is 0.175 e. The fourth-order valence-electron chi connectivity index (χ4n) is 2.35. The second kappa shape index (κ2) is 6.67. The quantitative estimate of drug-likeness (QED) is 0.415. The van der Waals surface area contributed by atoms with Gasteiger partial charge in [0.1, 0.15) is 0 Å². The molecule has 0 N–H and O–H groups in total. The van der Waals surface area contributed by atoms with Crippen molar-refractivity contribution in [2.75, 3.05) is 0 Å². The van der Waals surface area contributed by atoms with Crippen molar-refractivity contribution >= 4 is 44.2 Å². The van der Waals surface area contributed by atoms with Gasteiger partial charge in [0.2, 0.25) is 0 Å². The lowest BCUT2D eigenvalue weighted by Gasteiger charge is -2.11. The van der Waals surface area contributed by atoms with Gasteiger partial charge in [0.15, 0.2) is 5.78 Å². The van der Waals surface area contributed by atoms with Gasteiger partial charge in [0.05, 0.1) is 5.25 Å². The Morgan fingerprint density at radius 1 is 0.955 bits per heavy atom. The van der Waals surface area contributed by atoms with Crippen LogP contribution in [0.15, 0.2) is 76.1 Å². The average Bonchev–Trinajstić information content (AvgIpc) is 2.55. The summed E-state index contributed by atoms with van der Waals surface area (Å²) in [6, 6.07) is 22.1. The molecule has 1 atom stereocenters. The van der Waals surface area contributed by atoms with Crippen molar-refractivity contribution in [2.24, 2.45) is 0 Å². The van der Waals surface area contributed by atoms with Crippen LogP contribution in [-0.2, 0) is 0 Å². The van der Waals surface area contributed by atoms with Gasteiger partial charge in [-0.25, -0.2) is 0 Å². The van der Waals surface area contributed by atoms with E-state index in [1.807, 2.05) is 43.3 Å². The van der Waals surface area contributed by atoms with Gasteiger partial charge >= 0.3 is 0 Å². The molecule has 0 spiro atoms. The number of carbonyl (C=O) groups excluding carboxylic acids is 1. The Bertz CT molecular complexity index is 811. The van der Waals surface area contributed by atoms with E-state index in [1.165, 1.54) is 10.8 Å². The van der Waals surface area contributed by atoms with E-state index in [-0.39, 0.29) is 11.0 Å². The lowest BCUT2D eigenvalue weighted by molar-refractivity contribution is 0.0994. The van der Waals surface area contributed by atoms with Crippen molar-refractivity contribution in [2.45, 2.75) is 17.1 Å². The van der Waals surface area contributed by atoms with Crippen LogP contribution in [0.4, 0.5) is 0 Å². The third kappa shape index (κ3) is 3.42. The number of rotatable bonds is 4. The highest BCUT2D eigenvalue weighted by molar-refractivity contribution is 9.10. The van der Waals surface area contributed by atoms with E-state index >= 15 is 0 Å². The average molecular weight is 371 g/mol. The molecule has 22 heavy (non-hydrogen) atoms. The Kier molecular flexibility index (Phi) is 4.65. The molecule has 3 heteroatoms. The minimum atomic E-state index is -0.109. The van der Waals surface area contributed by atoms with E-state index in [2.05, 4.69) is 46.3 Å². The monoisotopic (exact) mass is 370 g/mol. The molecule has 0 unspecified atom stereocenters. The van der Waals surface area contributed by atoms with Gasteiger partial charge in [0, 0.05) is 14.9 Å². The Morgan fingerprint density at radius 2 is 1.64 bits per heavy atom. The van der Waals surface area contributed by atoms with Crippen molar-refractivity contribution in [1.82, 2.24) is 0 Å². The topological polar surface area (TPSA) is 17.1 Å². The number of fused-ring (bicyclic) bond motifs is 1. The van der Waals surface area contributed by atoms with Crippen LogP contribution >= 0.6 is 27.7 Å². The Balaban J connectivity index is 1.78. The van der Waals surface area contributed by atoms with E-state index in [0.717, 1.165) is 14.9 Å². The van der Waals surface area contributed by atoms with Gasteiger partial charge in [0.25, 0.3) is 0 Å². The van der Waals surface area contributed by atoms with Gasteiger partial charge in [-0.1, -0.05) is 58.4 Å². The minimum Gasteiger partial charge on any atom is -0.293 e. The van der Waals surface area contributed by atoms with Gasteiger partial charge in [-0.3, -0.25) is 4.79 Å². The highest BCUT2D eigenvalue weighted by atomic mass is 79.9.